The van der Waals surface area contributed by atoms with Crippen LogP contribution in [0.5, 0.6) is 0 Å². The normalized spacial score (nSPS) is 8.00. The van der Waals surface area contributed by atoms with E-state index in [9.17, 15) is 0 Å². The number of aliphatic hydroxyl groups is 1. The molecular formula is C10H25BrO. The van der Waals surface area contributed by atoms with E-state index >= 15 is 0 Å². The molecule has 0 aliphatic rings. The van der Waals surface area contributed by atoms with Gasteiger partial charge in [0.25, 0.3) is 0 Å². The predicted octanol–water partition coefficient (Wildman–Crippen LogP) is 3.94. The third-order valence-electron chi connectivity index (χ3n) is 1.46. The molecule has 0 heterocycles. The van der Waals surface area contributed by atoms with E-state index in [4.69, 9.17) is 5.11 Å². The molecular weight excluding hydrogens is 216 g/mol. The first-order valence-corrected chi connectivity index (χ1v) is 4.94. The van der Waals surface area contributed by atoms with Crippen LogP contribution in [0, 0.1) is 0 Å². The van der Waals surface area contributed by atoms with Gasteiger partial charge in [-0.1, -0.05) is 52.4 Å². The van der Waals surface area contributed by atoms with Crippen molar-refractivity contribution < 1.29 is 5.11 Å². The number of aliphatic hydroxyl groups excluding tert-OH is 1. The Balaban J connectivity index is -0.000000177. The van der Waals surface area contributed by atoms with Gasteiger partial charge in [0.05, 0.1) is 0 Å². The summed E-state index contributed by atoms with van der Waals surface area (Å²) in [4.78, 5) is 0. The lowest BCUT2D eigenvalue weighted by molar-refractivity contribution is 0.318. The highest BCUT2D eigenvalue weighted by Gasteiger charge is 1.83. The molecule has 0 unspecified atom stereocenters. The molecule has 1 nitrogen and oxygen atoms in total. The molecule has 2 heteroatoms. The van der Waals surface area contributed by atoms with Gasteiger partial charge in [0, 0.05) is 6.61 Å². The SMILES string of the molecule is Br.CCCCCCCC.CCO. The largest absolute Gasteiger partial charge is 0.397 e. The molecule has 0 aromatic rings. The van der Waals surface area contributed by atoms with Gasteiger partial charge in [0.1, 0.15) is 0 Å². The molecule has 0 aromatic heterocycles. The van der Waals surface area contributed by atoms with Crippen molar-refractivity contribution in [2.75, 3.05) is 6.61 Å². The summed E-state index contributed by atoms with van der Waals surface area (Å²) < 4.78 is 0. The van der Waals surface area contributed by atoms with Crippen LogP contribution in [-0.4, -0.2) is 11.7 Å². The maximum Gasteiger partial charge on any atom is 0.0402 e. The molecule has 12 heavy (non-hydrogen) atoms. The zero-order valence-corrected chi connectivity index (χ0v) is 10.5. The summed E-state index contributed by atoms with van der Waals surface area (Å²) in [6.45, 7) is 6.44. The van der Waals surface area contributed by atoms with Gasteiger partial charge in [0.15, 0.2) is 0 Å². The highest BCUT2D eigenvalue weighted by molar-refractivity contribution is 8.93. The number of unbranched alkanes of at least 4 members (excludes halogenated alkanes) is 5. The molecule has 0 atom stereocenters. The maximum absolute atomic E-state index is 7.57. The fraction of sp³-hybridized carbons (Fsp3) is 1.00. The van der Waals surface area contributed by atoms with E-state index in [1.807, 2.05) is 0 Å². The predicted molar refractivity (Wildman–Crippen MR) is 62.1 cm³/mol. The first-order chi connectivity index (χ1) is 5.33. The van der Waals surface area contributed by atoms with Crippen molar-refractivity contribution in [1.29, 1.82) is 0 Å². The molecule has 0 spiro atoms. The van der Waals surface area contributed by atoms with Gasteiger partial charge >= 0.3 is 0 Å². The highest BCUT2D eigenvalue weighted by Crippen LogP contribution is 2.03. The van der Waals surface area contributed by atoms with Crippen LogP contribution in [0.4, 0.5) is 0 Å². The van der Waals surface area contributed by atoms with E-state index in [0.29, 0.717) is 0 Å². The van der Waals surface area contributed by atoms with E-state index in [1.165, 1.54) is 38.5 Å². The summed E-state index contributed by atoms with van der Waals surface area (Å²) in [6, 6.07) is 0. The summed E-state index contributed by atoms with van der Waals surface area (Å²) in [7, 11) is 0. The highest BCUT2D eigenvalue weighted by atomic mass is 79.9. The Labute approximate surface area is 88.3 Å². The van der Waals surface area contributed by atoms with Crippen molar-refractivity contribution in [3.8, 4) is 0 Å². The van der Waals surface area contributed by atoms with Crippen molar-refractivity contribution in [3.05, 3.63) is 0 Å². The van der Waals surface area contributed by atoms with Crippen molar-refractivity contribution >= 4 is 17.0 Å². The summed E-state index contributed by atoms with van der Waals surface area (Å²) in [6.07, 6.45) is 8.49. The smallest absolute Gasteiger partial charge is 0.0402 e. The molecule has 0 fully saturated rings. The van der Waals surface area contributed by atoms with Gasteiger partial charge in [-0.2, -0.15) is 0 Å². The minimum atomic E-state index is 0. The molecule has 78 valence electrons. The number of rotatable bonds is 5. The first-order valence-electron chi connectivity index (χ1n) is 4.94. The van der Waals surface area contributed by atoms with Gasteiger partial charge in [-0.05, 0) is 6.92 Å². The molecule has 0 aliphatic heterocycles. The summed E-state index contributed by atoms with van der Waals surface area (Å²) in [5.74, 6) is 0. The van der Waals surface area contributed by atoms with Crippen LogP contribution in [-0.2, 0) is 0 Å². The number of halogens is 1. The Kier molecular flexibility index (Phi) is 34.3. The molecule has 0 amide bonds. The third kappa shape index (κ3) is 31.4. The summed E-state index contributed by atoms with van der Waals surface area (Å²) in [5.41, 5.74) is 0. The Morgan fingerprint density at radius 1 is 0.750 bits per heavy atom. The van der Waals surface area contributed by atoms with Crippen LogP contribution in [0.15, 0.2) is 0 Å². The molecule has 0 bridgehead atoms. The zero-order valence-electron chi connectivity index (χ0n) is 8.81. The fourth-order valence-electron chi connectivity index (χ4n) is 0.854. The average Bonchev–Trinajstić information content (AvgIpc) is 2.00. The molecule has 0 aliphatic carbocycles. The van der Waals surface area contributed by atoms with Crippen LogP contribution < -0.4 is 0 Å². The van der Waals surface area contributed by atoms with Crippen LogP contribution in [0.3, 0.4) is 0 Å². The molecule has 1 N–H and O–H groups in total. The van der Waals surface area contributed by atoms with Crippen molar-refractivity contribution in [1.82, 2.24) is 0 Å². The Hall–Kier alpha value is 0.440. The minimum Gasteiger partial charge on any atom is -0.397 e. The lowest BCUT2D eigenvalue weighted by Crippen LogP contribution is -1.73. The second kappa shape index (κ2) is 22.5. The van der Waals surface area contributed by atoms with Crippen molar-refractivity contribution in [2.45, 2.75) is 59.3 Å². The van der Waals surface area contributed by atoms with Crippen LogP contribution in [0.1, 0.15) is 59.3 Å². The maximum atomic E-state index is 7.57. The summed E-state index contributed by atoms with van der Waals surface area (Å²) >= 11 is 0. The van der Waals surface area contributed by atoms with Crippen LogP contribution in [0.25, 0.3) is 0 Å². The van der Waals surface area contributed by atoms with E-state index in [0.717, 1.165) is 0 Å². The average molecular weight is 241 g/mol. The Morgan fingerprint density at radius 3 is 1.17 bits per heavy atom. The molecule has 0 radical (unpaired) electrons. The second-order valence-corrected chi connectivity index (χ2v) is 2.73. The lowest BCUT2D eigenvalue weighted by atomic mass is 10.1. The fourth-order valence-corrected chi connectivity index (χ4v) is 0.854. The number of hydrogen-bond acceptors (Lipinski definition) is 1. The standard InChI is InChI=1S/C8H18.C2H6O.BrH/c1-3-5-7-8-6-4-2;1-2-3;/h3-8H2,1-2H3;3H,2H2,1H3;1H. The van der Waals surface area contributed by atoms with Gasteiger partial charge in [0.2, 0.25) is 0 Å². The zero-order chi connectivity index (χ0) is 8.95. The van der Waals surface area contributed by atoms with Gasteiger partial charge < -0.3 is 5.11 Å². The summed E-state index contributed by atoms with van der Waals surface area (Å²) in [5, 5.41) is 7.57. The topological polar surface area (TPSA) is 20.2 Å². The number of hydrogen-bond donors (Lipinski definition) is 1. The lowest BCUT2D eigenvalue weighted by Gasteiger charge is -1.93. The van der Waals surface area contributed by atoms with E-state index in [2.05, 4.69) is 13.8 Å². The van der Waals surface area contributed by atoms with Gasteiger partial charge in [-0.15, -0.1) is 17.0 Å². The van der Waals surface area contributed by atoms with Crippen molar-refractivity contribution in [2.24, 2.45) is 0 Å². The molecule has 0 saturated heterocycles. The molecule has 0 aromatic carbocycles. The first kappa shape index (κ1) is 18.3. The van der Waals surface area contributed by atoms with Crippen molar-refractivity contribution in [3.63, 3.8) is 0 Å². The third-order valence-corrected chi connectivity index (χ3v) is 1.46. The molecule has 0 rings (SSSR count). The second-order valence-electron chi connectivity index (χ2n) is 2.73. The van der Waals surface area contributed by atoms with Crippen LogP contribution >= 0.6 is 17.0 Å². The van der Waals surface area contributed by atoms with Crippen LogP contribution in [0.2, 0.25) is 0 Å². The Bertz CT molecular complexity index is 43.1. The van der Waals surface area contributed by atoms with Gasteiger partial charge in [-0.25, -0.2) is 0 Å². The van der Waals surface area contributed by atoms with E-state index in [1.54, 1.807) is 6.92 Å². The monoisotopic (exact) mass is 240 g/mol. The van der Waals surface area contributed by atoms with Gasteiger partial charge in [-0.3, -0.25) is 0 Å². The van der Waals surface area contributed by atoms with E-state index in [-0.39, 0.29) is 23.6 Å². The Morgan fingerprint density at radius 2 is 1.00 bits per heavy atom. The minimum absolute atomic E-state index is 0. The quantitative estimate of drug-likeness (QED) is 0.723. The van der Waals surface area contributed by atoms with E-state index < -0.39 is 0 Å². The molecule has 0 saturated carbocycles.